The first kappa shape index (κ1) is 21.5. The van der Waals surface area contributed by atoms with Gasteiger partial charge in [-0.1, -0.05) is 36.8 Å². The highest BCUT2D eigenvalue weighted by Crippen LogP contribution is 2.33. The fourth-order valence-electron chi connectivity index (χ4n) is 4.33. The Morgan fingerprint density at radius 1 is 1.06 bits per heavy atom. The summed E-state index contributed by atoms with van der Waals surface area (Å²) in [4.78, 5) is 26.7. The van der Waals surface area contributed by atoms with Crippen LogP contribution in [0.5, 0.6) is 0 Å². The summed E-state index contributed by atoms with van der Waals surface area (Å²) in [6.45, 7) is 1.76. The number of nitrogens with zero attached hydrogens (tertiary/aromatic N) is 1. The number of benzene rings is 2. The van der Waals surface area contributed by atoms with Crippen molar-refractivity contribution in [2.75, 3.05) is 18.5 Å². The molecule has 0 bridgehead atoms. The molecule has 0 saturated heterocycles. The smallest absolute Gasteiger partial charge is 0.250 e. The molecule has 1 aliphatic heterocycles. The van der Waals surface area contributed by atoms with Crippen LogP contribution in [0.1, 0.15) is 36.1 Å². The number of hydrogen-bond donors (Lipinski definition) is 1. The second-order valence-electron chi connectivity index (χ2n) is 8.80. The van der Waals surface area contributed by atoms with Crippen LogP contribution in [-0.4, -0.2) is 29.9 Å². The van der Waals surface area contributed by atoms with Crippen molar-refractivity contribution in [1.29, 1.82) is 0 Å². The topological polar surface area (TPSA) is 71.8 Å². The predicted molar refractivity (Wildman–Crippen MR) is 125 cm³/mol. The van der Waals surface area contributed by atoms with Crippen LogP contribution >= 0.6 is 0 Å². The number of carbonyl (C=O) groups excluding carboxylic acids is 2. The molecule has 6 nitrogen and oxygen atoms in total. The molecule has 1 N–H and O–H groups in total. The van der Waals surface area contributed by atoms with E-state index >= 15 is 0 Å². The SMILES string of the molecule is O=C(COCc1ccccc1)Nc1ccc(-c2cc3c(o2)CCN(C(=O)C2CCC2)C3)cc1. The molecule has 6 heteroatoms. The van der Waals surface area contributed by atoms with E-state index in [0.29, 0.717) is 24.7 Å². The van der Waals surface area contributed by atoms with Gasteiger partial charge in [-0.3, -0.25) is 9.59 Å². The molecule has 1 aliphatic carbocycles. The summed E-state index contributed by atoms with van der Waals surface area (Å²) >= 11 is 0. The molecule has 0 spiro atoms. The zero-order valence-electron chi connectivity index (χ0n) is 18.6. The van der Waals surface area contributed by atoms with Gasteiger partial charge in [0.05, 0.1) is 6.61 Å². The standard InChI is InChI=1S/C27H28N2O4/c30-26(18-32-17-19-5-2-1-3-6-19)28-23-11-9-20(10-12-23)25-15-22-16-29(14-13-24(22)33-25)27(31)21-7-4-8-21/h1-3,5-6,9-12,15,21H,4,7-8,13-14,16-18H2,(H,28,30). The zero-order valence-corrected chi connectivity index (χ0v) is 18.6. The Labute approximate surface area is 193 Å². The first-order valence-corrected chi connectivity index (χ1v) is 11.6. The average Bonchev–Trinajstić information content (AvgIpc) is 3.22. The lowest BCUT2D eigenvalue weighted by molar-refractivity contribution is -0.139. The number of amides is 2. The summed E-state index contributed by atoms with van der Waals surface area (Å²) in [6, 6.07) is 19.4. The van der Waals surface area contributed by atoms with Gasteiger partial charge >= 0.3 is 0 Å². The van der Waals surface area contributed by atoms with Gasteiger partial charge in [0.2, 0.25) is 11.8 Å². The van der Waals surface area contributed by atoms with E-state index in [1.165, 1.54) is 6.42 Å². The largest absolute Gasteiger partial charge is 0.461 e. The van der Waals surface area contributed by atoms with E-state index in [0.717, 1.165) is 54.0 Å². The molecule has 1 saturated carbocycles. The second-order valence-corrected chi connectivity index (χ2v) is 8.80. The summed E-state index contributed by atoms with van der Waals surface area (Å²) in [5.41, 5.74) is 3.78. The minimum Gasteiger partial charge on any atom is -0.461 e. The Kier molecular flexibility index (Phi) is 6.26. The van der Waals surface area contributed by atoms with Crippen molar-refractivity contribution in [3.63, 3.8) is 0 Å². The number of carbonyl (C=O) groups is 2. The molecule has 2 amide bonds. The van der Waals surface area contributed by atoms with Gasteiger partial charge in [0.1, 0.15) is 18.1 Å². The van der Waals surface area contributed by atoms with E-state index < -0.39 is 0 Å². The monoisotopic (exact) mass is 444 g/mol. The van der Waals surface area contributed by atoms with E-state index in [1.807, 2.05) is 65.6 Å². The lowest BCUT2D eigenvalue weighted by Crippen LogP contribution is -2.41. The van der Waals surface area contributed by atoms with Crippen LogP contribution < -0.4 is 5.32 Å². The van der Waals surface area contributed by atoms with E-state index in [4.69, 9.17) is 9.15 Å². The van der Waals surface area contributed by atoms with Crippen molar-refractivity contribution in [2.45, 2.75) is 38.8 Å². The molecular weight excluding hydrogens is 416 g/mol. The molecule has 1 fully saturated rings. The maximum absolute atomic E-state index is 12.6. The molecule has 3 aromatic rings. The molecule has 0 unspecified atom stereocenters. The van der Waals surface area contributed by atoms with Gasteiger partial charge < -0.3 is 19.4 Å². The van der Waals surface area contributed by atoms with Gasteiger partial charge in [0.15, 0.2) is 0 Å². The Hall–Kier alpha value is -3.38. The summed E-state index contributed by atoms with van der Waals surface area (Å²) < 4.78 is 11.6. The predicted octanol–water partition coefficient (Wildman–Crippen LogP) is 4.79. The average molecular weight is 445 g/mol. The van der Waals surface area contributed by atoms with Crippen LogP contribution in [0.2, 0.25) is 0 Å². The van der Waals surface area contributed by atoms with E-state index in [-0.39, 0.29) is 18.4 Å². The molecule has 33 heavy (non-hydrogen) atoms. The van der Waals surface area contributed by atoms with Gasteiger partial charge in [-0.2, -0.15) is 0 Å². The van der Waals surface area contributed by atoms with E-state index in [9.17, 15) is 9.59 Å². The number of furan rings is 1. The summed E-state index contributed by atoms with van der Waals surface area (Å²) in [5, 5.41) is 2.86. The zero-order chi connectivity index (χ0) is 22.6. The molecule has 2 aromatic carbocycles. The van der Waals surface area contributed by atoms with Crippen LogP contribution in [0.3, 0.4) is 0 Å². The lowest BCUT2D eigenvalue weighted by Gasteiger charge is -2.33. The van der Waals surface area contributed by atoms with Crippen molar-refractivity contribution in [2.24, 2.45) is 5.92 Å². The summed E-state index contributed by atoms with van der Waals surface area (Å²) in [6.07, 6.45) is 3.98. The highest BCUT2D eigenvalue weighted by atomic mass is 16.5. The molecule has 1 aromatic heterocycles. The molecule has 170 valence electrons. The number of anilines is 1. The Morgan fingerprint density at radius 3 is 2.58 bits per heavy atom. The molecular formula is C27H28N2O4. The van der Waals surface area contributed by atoms with E-state index in [1.54, 1.807) is 0 Å². The number of ether oxygens (including phenoxy) is 1. The van der Waals surface area contributed by atoms with Crippen molar-refractivity contribution in [3.05, 3.63) is 77.6 Å². The fourth-order valence-corrected chi connectivity index (χ4v) is 4.33. The van der Waals surface area contributed by atoms with Crippen molar-refractivity contribution in [1.82, 2.24) is 4.90 Å². The Balaban J connectivity index is 1.15. The second kappa shape index (κ2) is 9.63. The third kappa shape index (κ3) is 5.01. The van der Waals surface area contributed by atoms with Crippen molar-refractivity contribution in [3.8, 4) is 11.3 Å². The van der Waals surface area contributed by atoms with Gasteiger partial charge in [-0.15, -0.1) is 0 Å². The van der Waals surface area contributed by atoms with Crippen molar-refractivity contribution < 1.29 is 18.7 Å². The van der Waals surface area contributed by atoms with Crippen LogP contribution in [0.4, 0.5) is 5.69 Å². The number of hydrogen-bond acceptors (Lipinski definition) is 4. The normalized spacial score (nSPS) is 15.6. The van der Waals surface area contributed by atoms with Crippen molar-refractivity contribution >= 4 is 17.5 Å². The third-order valence-corrected chi connectivity index (χ3v) is 6.43. The molecule has 2 heterocycles. The minimum atomic E-state index is -0.191. The highest BCUT2D eigenvalue weighted by molar-refractivity contribution is 5.91. The molecule has 2 aliphatic rings. The maximum atomic E-state index is 12.6. The Morgan fingerprint density at radius 2 is 1.85 bits per heavy atom. The van der Waals surface area contributed by atoms with Gasteiger partial charge in [0.25, 0.3) is 0 Å². The minimum absolute atomic E-state index is 0.00235. The number of nitrogens with one attached hydrogen (secondary N) is 1. The number of rotatable bonds is 7. The third-order valence-electron chi connectivity index (χ3n) is 6.43. The maximum Gasteiger partial charge on any atom is 0.250 e. The highest BCUT2D eigenvalue weighted by Gasteiger charge is 2.32. The van der Waals surface area contributed by atoms with Crippen LogP contribution in [0.15, 0.2) is 65.1 Å². The van der Waals surface area contributed by atoms with Gasteiger partial charge in [0, 0.05) is 42.2 Å². The van der Waals surface area contributed by atoms with Crippen LogP contribution in [0.25, 0.3) is 11.3 Å². The fraction of sp³-hybridized carbons (Fsp3) is 0.333. The summed E-state index contributed by atoms with van der Waals surface area (Å²) in [7, 11) is 0. The molecule has 0 radical (unpaired) electrons. The van der Waals surface area contributed by atoms with Gasteiger partial charge in [-0.05, 0) is 48.7 Å². The lowest BCUT2D eigenvalue weighted by atomic mass is 9.84. The quantitative estimate of drug-likeness (QED) is 0.569. The first-order chi connectivity index (χ1) is 16.2. The Bertz CT molecular complexity index is 1120. The molecule has 5 rings (SSSR count). The van der Waals surface area contributed by atoms with Crippen LogP contribution in [-0.2, 0) is 33.9 Å². The van der Waals surface area contributed by atoms with E-state index in [2.05, 4.69) is 5.32 Å². The molecule has 0 atom stereocenters. The first-order valence-electron chi connectivity index (χ1n) is 11.6. The van der Waals surface area contributed by atoms with Gasteiger partial charge in [-0.25, -0.2) is 0 Å². The van der Waals surface area contributed by atoms with Crippen LogP contribution in [0, 0.1) is 5.92 Å². The number of fused-ring (bicyclic) bond motifs is 1. The summed E-state index contributed by atoms with van der Waals surface area (Å²) in [5.74, 6) is 2.09.